The van der Waals surface area contributed by atoms with Gasteiger partial charge in [-0.1, -0.05) is 60.7 Å². The second-order valence-electron chi connectivity index (χ2n) is 6.39. The first-order valence-electron chi connectivity index (χ1n) is 8.80. The fourth-order valence-electron chi connectivity index (χ4n) is 3.32. The van der Waals surface area contributed by atoms with Crippen LogP contribution in [0.4, 0.5) is 0 Å². The summed E-state index contributed by atoms with van der Waals surface area (Å²) in [6, 6.07) is 20.0. The average Bonchev–Trinajstić information content (AvgIpc) is 2.65. The molecule has 0 bridgehead atoms. The van der Waals surface area contributed by atoms with Crippen molar-refractivity contribution >= 4 is 5.91 Å². The van der Waals surface area contributed by atoms with E-state index in [4.69, 9.17) is 4.74 Å². The Hall–Kier alpha value is -2.13. The van der Waals surface area contributed by atoms with Gasteiger partial charge in [0.05, 0.1) is 5.92 Å². The predicted molar refractivity (Wildman–Crippen MR) is 95.9 cm³/mol. The summed E-state index contributed by atoms with van der Waals surface area (Å²) in [6.45, 7) is 2.45. The van der Waals surface area contributed by atoms with Crippen molar-refractivity contribution in [3.05, 3.63) is 71.8 Å². The van der Waals surface area contributed by atoms with Gasteiger partial charge in [0.15, 0.2) is 0 Å². The molecule has 24 heavy (non-hydrogen) atoms. The highest BCUT2D eigenvalue weighted by Crippen LogP contribution is 2.25. The molecule has 2 aromatic carbocycles. The van der Waals surface area contributed by atoms with Crippen molar-refractivity contribution in [2.24, 2.45) is 5.92 Å². The first kappa shape index (κ1) is 16.7. The molecule has 126 valence electrons. The molecule has 0 aliphatic carbocycles. The molecule has 3 heteroatoms. The Morgan fingerprint density at radius 2 is 1.50 bits per heavy atom. The van der Waals surface area contributed by atoms with Gasteiger partial charge in [-0.3, -0.25) is 4.79 Å². The summed E-state index contributed by atoms with van der Waals surface area (Å²) in [5.74, 6) is 0.507. The molecular formula is C21H25NO2. The predicted octanol–water partition coefficient (Wildman–Crippen LogP) is 3.75. The van der Waals surface area contributed by atoms with Gasteiger partial charge in [0.1, 0.15) is 0 Å². The fourth-order valence-corrected chi connectivity index (χ4v) is 3.32. The standard InChI is InChI=1S/C21H25NO2/c23-21(22-14-11-17-12-15-24-16-13-17)20(18-7-3-1-4-8-18)19-9-5-2-6-10-19/h1-10,17,20H,11-16H2,(H,22,23). The van der Waals surface area contributed by atoms with Gasteiger partial charge in [0, 0.05) is 19.8 Å². The van der Waals surface area contributed by atoms with Gasteiger partial charge in [0.25, 0.3) is 0 Å². The van der Waals surface area contributed by atoms with Gasteiger partial charge < -0.3 is 10.1 Å². The molecule has 1 aliphatic heterocycles. The summed E-state index contributed by atoms with van der Waals surface area (Å²) in [5.41, 5.74) is 2.07. The van der Waals surface area contributed by atoms with Crippen LogP contribution in [-0.2, 0) is 9.53 Å². The van der Waals surface area contributed by atoms with Crippen molar-refractivity contribution in [3.8, 4) is 0 Å². The third-order valence-electron chi connectivity index (χ3n) is 4.72. The first-order valence-corrected chi connectivity index (χ1v) is 8.80. The lowest BCUT2D eigenvalue weighted by Gasteiger charge is -2.23. The number of nitrogens with one attached hydrogen (secondary N) is 1. The van der Waals surface area contributed by atoms with E-state index < -0.39 is 0 Å². The van der Waals surface area contributed by atoms with E-state index in [-0.39, 0.29) is 11.8 Å². The van der Waals surface area contributed by atoms with Crippen LogP contribution in [0.5, 0.6) is 0 Å². The Balaban J connectivity index is 1.65. The van der Waals surface area contributed by atoms with Gasteiger partial charge in [-0.2, -0.15) is 0 Å². The van der Waals surface area contributed by atoms with E-state index in [1.807, 2.05) is 60.7 Å². The molecule has 0 spiro atoms. The van der Waals surface area contributed by atoms with Crippen LogP contribution in [0.25, 0.3) is 0 Å². The van der Waals surface area contributed by atoms with E-state index >= 15 is 0 Å². The number of rotatable bonds is 6. The molecule has 1 saturated heterocycles. The molecule has 0 aromatic heterocycles. The number of ether oxygens (including phenoxy) is 1. The zero-order valence-electron chi connectivity index (χ0n) is 14.0. The minimum Gasteiger partial charge on any atom is -0.381 e. The highest BCUT2D eigenvalue weighted by atomic mass is 16.5. The molecule has 2 aromatic rings. The summed E-state index contributed by atoms with van der Waals surface area (Å²) in [5, 5.41) is 3.15. The summed E-state index contributed by atoms with van der Waals surface area (Å²) < 4.78 is 5.39. The number of carbonyl (C=O) groups is 1. The number of amides is 1. The molecule has 1 heterocycles. The van der Waals surface area contributed by atoms with Crippen molar-refractivity contribution in [2.75, 3.05) is 19.8 Å². The molecule has 0 atom stereocenters. The SMILES string of the molecule is O=C(NCCC1CCOCC1)C(c1ccccc1)c1ccccc1. The van der Waals surface area contributed by atoms with Gasteiger partial charge >= 0.3 is 0 Å². The molecule has 3 rings (SSSR count). The first-order chi connectivity index (χ1) is 11.8. The quantitative estimate of drug-likeness (QED) is 0.879. The normalized spacial score (nSPS) is 15.4. The highest BCUT2D eigenvalue weighted by molar-refractivity contribution is 5.87. The minimum atomic E-state index is -0.248. The van der Waals surface area contributed by atoms with Crippen LogP contribution in [0.1, 0.15) is 36.3 Å². The third kappa shape index (κ3) is 4.45. The largest absolute Gasteiger partial charge is 0.381 e. The third-order valence-corrected chi connectivity index (χ3v) is 4.72. The molecular weight excluding hydrogens is 298 g/mol. The fraction of sp³-hybridized carbons (Fsp3) is 0.381. The van der Waals surface area contributed by atoms with E-state index in [2.05, 4.69) is 5.32 Å². The molecule has 1 N–H and O–H groups in total. The van der Waals surface area contributed by atoms with Crippen LogP contribution in [0.3, 0.4) is 0 Å². The van der Waals surface area contributed by atoms with Crippen molar-refractivity contribution in [1.29, 1.82) is 0 Å². The molecule has 1 amide bonds. The Morgan fingerprint density at radius 3 is 2.04 bits per heavy atom. The van der Waals surface area contributed by atoms with Gasteiger partial charge in [-0.05, 0) is 36.3 Å². The van der Waals surface area contributed by atoms with E-state index in [0.29, 0.717) is 5.92 Å². The molecule has 3 nitrogen and oxygen atoms in total. The van der Waals surface area contributed by atoms with Crippen molar-refractivity contribution in [2.45, 2.75) is 25.2 Å². The van der Waals surface area contributed by atoms with Crippen LogP contribution >= 0.6 is 0 Å². The monoisotopic (exact) mass is 323 g/mol. The zero-order chi connectivity index (χ0) is 16.6. The number of hydrogen-bond donors (Lipinski definition) is 1. The van der Waals surface area contributed by atoms with E-state index in [1.54, 1.807) is 0 Å². The lowest BCUT2D eigenvalue weighted by atomic mass is 9.90. The number of hydrogen-bond acceptors (Lipinski definition) is 2. The summed E-state index contributed by atoms with van der Waals surface area (Å²) in [4.78, 5) is 12.8. The second-order valence-corrected chi connectivity index (χ2v) is 6.39. The van der Waals surface area contributed by atoms with Crippen LogP contribution in [0.2, 0.25) is 0 Å². The summed E-state index contributed by atoms with van der Waals surface area (Å²) >= 11 is 0. The summed E-state index contributed by atoms with van der Waals surface area (Å²) in [6.07, 6.45) is 3.25. The van der Waals surface area contributed by atoms with Gasteiger partial charge in [-0.25, -0.2) is 0 Å². The van der Waals surface area contributed by atoms with Crippen molar-refractivity contribution < 1.29 is 9.53 Å². The molecule has 0 saturated carbocycles. The molecule has 1 fully saturated rings. The van der Waals surface area contributed by atoms with Crippen molar-refractivity contribution in [1.82, 2.24) is 5.32 Å². The van der Waals surface area contributed by atoms with Crippen molar-refractivity contribution in [3.63, 3.8) is 0 Å². The maximum absolute atomic E-state index is 12.8. The van der Waals surface area contributed by atoms with Crippen LogP contribution < -0.4 is 5.32 Å². The van der Waals surface area contributed by atoms with E-state index in [0.717, 1.165) is 50.1 Å². The molecule has 0 unspecified atom stereocenters. The number of benzene rings is 2. The Morgan fingerprint density at radius 1 is 0.958 bits per heavy atom. The smallest absolute Gasteiger partial charge is 0.232 e. The van der Waals surface area contributed by atoms with Crippen LogP contribution in [0, 0.1) is 5.92 Å². The molecule has 0 radical (unpaired) electrons. The highest BCUT2D eigenvalue weighted by Gasteiger charge is 2.22. The van der Waals surface area contributed by atoms with Crippen LogP contribution in [-0.4, -0.2) is 25.7 Å². The van der Waals surface area contributed by atoms with Gasteiger partial charge in [0.2, 0.25) is 5.91 Å². The Bertz CT molecular complexity index is 581. The minimum absolute atomic E-state index is 0.0828. The zero-order valence-corrected chi connectivity index (χ0v) is 14.0. The second kappa shape index (κ2) is 8.65. The Labute approximate surface area is 144 Å². The lowest BCUT2D eigenvalue weighted by molar-refractivity contribution is -0.121. The van der Waals surface area contributed by atoms with E-state index in [9.17, 15) is 4.79 Å². The maximum atomic E-state index is 12.8. The van der Waals surface area contributed by atoms with E-state index in [1.165, 1.54) is 0 Å². The molecule has 1 aliphatic rings. The maximum Gasteiger partial charge on any atom is 0.232 e. The Kier molecular flexibility index (Phi) is 6.02. The number of carbonyl (C=O) groups excluding carboxylic acids is 1. The topological polar surface area (TPSA) is 38.3 Å². The summed E-state index contributed by atoms with van der Waals surface area (Å²) in [7, 11) is 0. The van der Waals surface area contributed by atoms with Gasteiger partial charge in [-0.15, -0.1) is 0 Å². The van der Waals surface area contributed by atoms with Crippen LogP contribution in [0.15, 0.2) is 60.7 Å². The average molecular weight is 323 g/mol. The lowest BCUT2D eigenvalue weighted by Crippen LogP contribution is -2.32.